The Bertz CT molecular complexity index is 649. The second-order valence-electron chi connectivity index (χ2n) is 4.78. The molecule has 0 fully saturated rings. The largest absolute Gasteiger partial charge is 0.453 e. The highest BCUT2D eigenvalue weighted by Crippen LogP contribution is 2.23. The van der Waals surface area contributed by atoms with Crippen molar-refractivity contribution in [2.45, 2.75) is 19.8 Å². The van der Waals surface area contributed by atoms with Gasteiger partial charge < -0.3 is 15.0 Å². The van der Waals surface area contributed by atoms with Crippen molar-refractivity contribution in [1.29, 1.82) is 0 Å². The molecule has 0 saturated carbocycles. The van der Waals surface area contributed by atoms with Gasteiger partial charge in [0.2, 0.25) is 5.91 Å². The third-order valence-electron chi connectivity index (χ3n) is 3.20. The van der Waals surface area contributed by atoms with E-state index < -0.39 is 6.09 Å². The summed E-state index contributed by atoms with van der Waals surface area (Å²) in [6.45, 7) is 2.17. The summed E-state index contributed by atoms with van der Waals surface area (Å²) in [4.78, 5) is 25.3. The molecule has 6 nitrogen and oxygen atoms in total. The van der Waals surface area contributed by atoms with Crippen molar-refractivity contribution >= 4 is 28.6 Å². The van der Waals surface area contributed by atoms with E-state index in [0.717, 1.165) is 29.3 Å². The number of hydrogen-bond donors (Lipinski definition) is 3. The molecule has 0 radical (unpaired) electrons. The second kappa shape index (κ2) is 6.78. The van der Waals surface area contributed by atoms with Crippen LogP contribution in [0, 0.1) is 0 Å². The molecule has 2 aromatic rings. The molecule has 112 valence electrons. The molecule has 0 bridgehead atoms. The number of aromatic nitrogens is 1. The van der Waals surface area contributed by atoms with Crippen molar-refractivity contribution in [2.24, 2.45) is 0 Å². The van der Waals surface area contributed by atoms with Gasteiger partial charge in [-0.05, 0) is 36.6 Å². The lowest BCUT2D eigenvalue weighted by Crippen LogP contribution is -2.21. The Balaban J connectivity index is 2.07. The lowest BCUT2D eigenvalue weighted by atomic mass is 10.1. The van der Waals surface area contributed by atoms with Gasteiger partial charge in [-0.3, -0.25) is 10.1 Å². The number of hydrogen-bond acceptors (Lipinski definition) is 3. The fraction of sp³-hybridized carbons (Fsp3) is 0.333. The monoisotopic (exact) mass is 289 g/mol. The molecule has 0 aliphatic rings. The van der Waals surface area contributed by atoms with Gasteiger partial charge in [-0.25, -0.2) is 4.79 Å². The van der Waals surface area contributed by atoms with Crippen LogP contribution in [-0.4, -0.2) is 30.6 Å². The van der Waals surface area contributed by atoms with Crippen LogP contribution in [0.2, 0.25) is 0 Å². The number of ether oxygens (including phenoxy) is 1. The number of H-pyrrole nitrogens is 1. The van der Waals surface area contributed by atoms with Crippen LogP contribution < -0.4 is 10.6 Å². The van der Waals surface area contributed by atoms with Crippen LogP contribution in [-0.2, 0) is 16.0 Å². The van der Waals surface area contributed by atoms with Gasteiger partial charge in [0.05, 0.1) is 7.11 Å². The number of amides is 2. The SMILES string of the molecule is COC(=O)Nc1ccc2[nH]cc(CCCNC(C)=O)c2c1. The van der Waals surface area contributed by atoms with E-state index in [0.29, 0.717) is 12.2 Å². The number of aryl methyl sites for hydroxylation is 1. The molecule has 21 heavy (non-hydrogen) atoms. The van der Waals surface area contributed by atoms with Gasteiger partial charge in [0, 0.05) is 36.3 Å². The molecule has 3 N–H and O–H groups in total. The number of methoxy groups -OCH3 is 1. The first-order valence-electron chi connectivity index (χ1n) is 6.79. The standard InChI is InChI=1S/C15H19N3O3/c1-10(19)16-7-3-4-11-9-17-14-6-5-12(8-13(11)14)18-15(20)21-2/h5-6,8-9,17H,3-4,7H2,1-2H3,(H,16,19)(H,18,20). The van der Waals surface area contributed by atoms with Crippen LogP contribution in [0.1, 0.15) is 18.9 Å². The number of nitrogens with one attached hydrogen (secondary N) is 3. The Morgan fingerprint density at radius 1 is 1.33 bits per heavy atom. The number of benzene rings is 1. The zero-order chi connectivity index (χ0) is 15.2. The van der Waals surface area contributed by atoms with Gasteiger partial charge in [0.25, 0.3) is 0 Å². The smallest absolute Gasteiger partial charge is 0.411 e. The van der Waals surface area contributed by atoms with Gasteiger partial charge in [-0.15, -0.1) is 0 Å². The molecule has 0 unspecified atom stereocenters. The van der Waals surface area contributed by atoms with E-state index in [4.69, 9.17) is 0 Å². The lowest BCUT2D eigenvalue weighted by Gasteiger charge is -2.05. The van der Waals surface area contributed by atoms with Crippen molar-refractivity contribution in [3.8, 4) is 0 Å². The predicted molar refractivity (Wildman–Crippen MR) is 81.3 cm³/mol. The Kier molecular flexibility index (Phi) is 4.81. The molecular weight excluding hydrogens is 270 g/mol. The maximum Gasteiger partial charge on any atom is 0.411 e. The van der Waals surface area contributed by atoms with Gasteiger partial charge in [-0.1, -0.05) is 0 Å². The minimum Gasteiger partial charge on any atom is -0.453 e. The van der Waals surface area contributed by atoms with E-state index >= 15 is 0 Å². The number of aromatic amines is 1. The molecule has 6 heteroatoms. The van der Waals surface area contributed by atoms with Crippen molar-refractivity contribution < 1.29 is 14.3 Å². The Morgan fingerprint density at radius 3 is 2.86 bits per heavy atom. The van der Waals surface area contributed by atoms with Crippen LogP contribution >= 0.6 is 0 Å². The first-order valence-corrected chi connectivity index (χ1v) is 6.79. The molecular formula is C15H19N3O3. The van der Waals surface area contributed by atoms with Crippen molar-refractivity contribution in [3.05, 3.63) is 30.0 Å². The number of anilines is 1. The van der Waals surface area contributed by atoms with Gasteiger partial charge in [0.15, 0.2) is 0 Å². The first-order chi connectivity index (χ1) is 10.1. The first kappa shape index (κ1) is 14.9. The van der Waals surface area contributed by atoms with Crippen molar-refractivity contribution in [1.82, 2.24) is 10.3 Å². The van der Waals surface area contributed by atoms with Crippen LogP contribution in [0.15, 0.2) is 24.4 Å². The van der Waals surface area contributed by atoms with E-state index in [2.05, 4.69) is 20.4 Å². The zero-order valence-corrected chi connectivity index (χ0v) is 12.2. The Morgan fingerprint density at radius 2 is 2.14 bits per heavy atom. The molecule has 2 amide bonds. The van der Waals surface area contributed by atoms with Gasteiger partial charge in [0.1, 0.15) is 0 Å². The summed E-state index contributed by atoms with van der Waals surface area (Å²) in [7, 11) is 1.33. The van der Waals surface area contributed by atoms with Crippen LogP contribution in [0.4, 0.5) is 10.5 Å². The Labute approximate surface area is 122 Å². The molecule has 0 aliphatic heterocycles. The summed E-state index contributed by atoms with van der Waals surface area (Å²) in [5.74, 6) is -0.0153. The number of rotatable bonds is 5. The minimum atomic E-state index is -0.489. The highest BCUT2D eigenvalue weighted by molar-refractivity contribution is 5.91. The summed E-state index contributed by atoms with van der Waals surface area (Å²) < 4.78 is 4.58. The molecule has 0 saturated heterocycles. The number of fused-ring (bicyclic) bond motifs is 1. The van der Waals surface area contributed by atoms with Crippen molar-refractivity contribution in [3.63, 3.8) is 0 Å². The summed E-state index contributed by atoms with van der Waals surface area (Å²) in [5.41, 5.74) is 2.86. The molecule has 0 aliphatic carbocycles. The highest BCUT2D eigenvalue weighted by Gasteiger charge is 2.07. The van der Waals surface area contributed by atoms with E-state index in [1.807, 2.05) is 24.4 Å². The van der Waals surface area contributed by atoms with Gasteiger partial charge in [-0.2, -0.15) is 0 Å². The van der Waals surface area contributed by atoms with Crippen LogP contribution in [0.3, 0.4) is 0 Å². The average molecular weight is 289 g/mol. The lowest BCUT2D eigenvalue weighted by molar-refractivity contribution is -0.118. The van der Waals surface area contributed by atoms with Crippen molar-refractivity contribution in [2.75, 3.05) is 19.0 Å². The van der Waals surface area contributed by atoms with E-state index in [1.54, 1.807) is 0 Å². The van der Waals surface area contributed by atoms with Crippen LogP contribution in [0.5, 0.6) is 0 Å². The minimum absolute atomic E-state index is 0.0153. The average Bonchev–Trinajstić information content (AvgIpc) is 2.86. The summed E-state index contributed by atoms with van der Waals surface area (Å²) in [6, 6.07) is 5.64. The molecule has 1 aromatic heterocycles. The normalized spacial score (nSPS) is 10.4. The molecule has 1 aromatic carbocycles. The Hall–Kier alpha value is -2.50. The predicted octanol–water partition coefficient (Wildman–Crippen LogP) is 2.41. The molecule has 0 spiro atoms. The fourth-order valence-electron chi connectivity index (χ4n) is 2.18. The van der Waals surface area contributed by atoms with Gasteiger partial charge >= 0.3 is 6.09 Å². The second-order valence-corrected chi connectivity index (χ2v) is 4.78. The number of carbonyl (C=O) groups excluding carboxylic acids is 2. The summed E-state index contributed by atoms with van der Waals surface area (Å²) in [5, 5.41) is 6.49. The third-order valence-corrected chi connectivity index (χ3v) is 3.20. The van der Waals surface area contributed by atoms with E-state index in [1.165, 1.54) is 14.0 Å². The summed E-state index contributed by atoms with van der Waals surface area (Å²) >= 11 is 0. The fourth-order valence-corrected chi connectivity index (χ4v) is 2.18. The maximum absolute atomic E-state index is 11.2. The topological polar surface area (TPSA) is 83.2 Å². The third kappa shape index (κ3) is 3.98. The summed E-state index contributed by atoms with van der Waals surface area (Å²) in [6.07, 6.45) is 3.18. The molecule has 0 atom stereocenters. The van der Waals surface area contributed by atoms with E-state index in [9.17, 15) is 9.59 Å². The quantitative estimate of drug-likeness (QED) is 0.739. The zero-order valence-electron chi connectivity index (χ0n) is 12.2. The molecule has 1 heterocycles. The number of carbonyl (C=O) groups is 2. The van der Waals surface area contributed by atoms with E-state index in [-0.39, 0.29) is 5.91 Å². The molecule has 2 rings (SSSR count). The highest BCUT2D eigenvalue weighted by atomic mass is 16.5. The van der Waals surface area contributed by atoms with Crippen LogP contribution in [0.25, 0.3) is 10.9 Å². The maximum atomic E-state index is 11.2.